The van der Waals surface area contributed by atoms with E-state index in [1.54, 1.807) is 6.07 Å². The highest BCUT2D eigenvalue weighted by molar-refractivity contribution is 7.13. The summed E-state index contributed by atoms with van der Waals surface area (Å²) in [6.45, 7) is 2.55. The Morgan fingerprint density at radius 3 is 2.71 bits per heavy atom. The number of carbonyl (C=O) groups is 2. The molecule has 0 radical (unpaired) electrons. The van der Waals surface area contributed by atoms with E-state index in [-0.39, 0.29) is 24.5 Å². The lowest BCUT2D eigenvalue weighted by Gasteiger charge is -2.26. The van der Waals surface area contributed by atoms with Gasteiger partial charge in [-0.2, -0.15) is 0 Å². The van der Waals surface area contributed by atoms with Gasteiger partial charge in [0.1, 0.15) is 12.7 Å². The van der Waals surface area contributed by atoms with Crippen molar-refractivity contribution in [3.05, 3.63) is 46.2 Å². The second-order valence-electron chi connectivity index (χ2n) is 5.39. The van der Waals surface area contributed by atoms with Gasteiger partial charge in [-0.1, -0.05) is 12.1 Å². The van der Waals surface area contributed by atoms with Crippen molar-refractivity contribution in [1.82, 2.24) is 10.6 Å². The maximum absolute atomic E-state index is 11.9. The second-order valence-corrected chi connectivity index (χ2v) is 6.68. The number of fused-ring (bicyclic) bond motifs is 1. The molecule has 1 aromatic carbocycles. The van der Waals surface area contributed by atoms with E-state index < -0.39 is 0 Å². The average Bonchev–Trinajstić information content (AvgIpc) is 3.04. The molecular formula is C17H18N2O4S. The minimum absolute atomic E-state index is 0.0695. The van der Waals surface area contributed by atoms with Gasteiger partial charge in [-0.15, -0.1) is 11.3 Å². The summed E-state index contributed by atoms with van der Waals surface area (Å²) in [6, 6.07) is 11.0. The quantitative estimate of drug-likeness (QED) is 0.865. The van der Waals surface area contributed by atoms with Crippen LogP contribution in [0.5, 0.6) is 11.5 Å². The Labute approximate surface area is 143 Å². The first-order valence-corrected chi connectivity index (χ1v) is 8.43. The van der Waals surface area contributed by atoms with Crippen LogP contribution in [0.15, 0.2) is 36.4 Å². The van der Waals surface area contributed by atoms with Crippen molar-refractivity contribution in [3.8, 4) is 11.5 Å². The number of hydrogen-bond donors (Lipinski definition) is 2. The van der Waals surface area contributed by atoms with Gasteiger partial charge in [-0.25, -0.2) is 0 Å². The molecule has 126 valence electrons. The Kier molecular flexibility index (Phi) is 5.00. The Morgan fingerprint density at radius 2 is 1.96 bits per heavy atom. The molecule has 6 nitrogen and oxygen atoms in total. The van der Waals surface area contributed by atoms with Crippen LogP contribution < -0.4 is 20.1 Å². The summed E-state index contributed by atoms with van der Waals surface area (Å²) in [7, 11) is 0. The molecule has 0 fully saturated rings. The van der Waals surface area contributed by atoms with Gasteiger partial charge in [0.2, 0.25) is 5.91 Å². The van der Waals surface area contributed by atoms with Gasteiger partial charge >= 0.3 is 0 Å². The molecule has 1 aliphatic rings. The maximum atomic E-state index is 11.9. The predicted molar refractivity (Wildman–Crippen MR) is 90.8 cm³/mol. The van der Waals surface area contributed by atoms with Gasteiger partial charge in [0.05, 0.1) is 18.0 Å². The third kappa shape index (κ3) is 4.05. The molecule has 0 saturated heterocycles. The number of aryl methyl sites for hydroxylation is 1. The predicted octanol–water partition coefficient (Wildman–Crippen LogP) is 1.74. The van der Waals surface area contributed by atoms with Crippen molar-refractivity contribution in [2.24, 2.45) is 0 Å². The number of rotatable bonds is 5. The topological polar surface area (TPSA) is 76.7 Å². The van der Waals surface area contributed by atoms with Crippen LogP contribution in [0.1, 0.15) is 14.5 Å². The summed E-state index contributed by atoms with van der Waals surface area (Å²) in [5.74, 6) is 0.872. The zero-order chi connectivity index (χ0) is 16.9. The molecule has 1 aromatic heterocycles. The van der Waals surface area contributed by atoms with Crippen molar-refractivity contribution in [2.75, 3.05) is 19.7 Å². The summed E-state index contributed by atoms with van der Waals surface area (Å²) in [6.07, 6.45) is -0.250. The molecule has 2 N–H and O–H groups in total. The first-order valence-electron chi connectivity index (χ1n) is 7.61. The molecule has 2 heterocycles. The van der Waals surface area contributed by atoms with Crippen molar-refractivity contribution < 1.29 is 19.1 Å². The van der Waals surface area contributed by atoms with Crippen LogP contribution in [-0.4, -0.2) is 37.6 Å². The number of ether oxygens (including phenoxy) is 2. The average molecular weight is 346 g/mol. The Hall–Kier alpha value is -2.54. The van der Waals surface area contributed by atoms with E-state index in [0.29, 0.717) is 29.5 Å². The Morgan fingerprint density at radius 1 is 1.17 bits per heavy atom. The number of benzene rings is 1. The second kappa shape index (κ2) is 7.35. The van der Waals surface area contributed by atoms with E-state index in [1.807, 2.05) is 37.3 Å². The molecule has 0 bridgehead atoms. The highest BCUT2D eigenvalue weighted by atomic mass is 32.1. The number of amides is 2. The summed E-state index contributed by atoms with van der Waals surface area (Å²) >= 11 is 1.40. The fourth-order valence-electron chi connectivity index (χ4n) is 2.26. The van der Waals surface area contributed by atoms with Crippen LogP contribution in [0.3, 0.4) is 0 Å². The van der Waals surface area contributed by atoms with Gasteiger partial charge in [-0.3, -0.25) is 9.59 Å². The van der Waals surface area contributed by atoms with Crippen molar-refractivity contribution in [1.29, 1.82) is 0 Å². The van der Waals surface area contributed by atoms with E-state index in [0.717, 1.165) is 4.88 Å². The molecule has 7 heteroatoms. The van der Waals surface area contributed by atoms with Gasteiger partial charge in [0.15, 0.2) is 11.5 Å². The lowest BCUT2D eigenvalue weighted by Crippen LogP contribution is -2.44. The zero-order valence-electron chi connectivity index (χ0n) is 13.2. The van der Waals surface area contributed by atoms with Crippen molar-refractivity contribution in [3.63, 3.8) is 0 Å². The van der Waals surface area contributed by atoms with Crippen LogP contribution in [-0.2, 0) is 4.79 Å². The van der Waals surface area contributed by atoms with E-state index in [4.69, 9.17) is 9.47 Å². The molecule has 24 heavy (non-hydrogen) atoms. The SMILES string of the molecule is Cc1ccc(C(=O)NCC(=O)NCC2COc3ccccc3O2)s1. The fourth-order valence-corrected chi connectivity index (χ4v) is 3.04. The minimum atomic E-state index is -0.265. The third-order valence-corrected chi connectivity index (χ3v) is 4.47. The lowest BCUT2D eigenvalue weighted by molar-refractivity contribution is -0.120. The maximum Gasteiger partial charge on any atom is 0.261 e. The van der Waals surface area contributed by atoms with Gasteiger partial charge in [-0.05, 0) is 31.2 Å². The highest BCUT2D eigenvalue weighted by Gasteiger charge is 2.21. The number of nitrogens with one attached hydrogen (secondary N) is 2. The van der Waals surface area contributed by atoms with Gasteiger partial charge in [0, 0.05) is 4.88 Å². The summed E-state index contributed by atoms with van der Waals surface area (Å²) in [5.41, 5.74) is 0. The number of carbonyl (C=O) groups excluding carboxylic acids is 2. The lowest BCUT2D eigenvalue weighted by atomic mass is 10.2. The molecule has 2 amide bonds. The minimum Gasteiger partial charge on any atom is -0.486 e. The van der Waals surface area contributed by atoms with E-state index in [1.165, 1.54) is 11.3 Å². The Bertz CT molecular complexity index is 744. The van der Waals surface area contributed by atoms with E-state index >= 15 is 0 Å². The molecule has 0 spiro atoms. The molecule has 1 aliphatic heterocycles. The monoisotopic (exact) mass is 346 g/mol. The first kappa shape index (κ1) is 16.3. The van der Waals surface area contributed by atoms with Crippen molar-refractivity contribution >= 4 is 23.2 Å². The molecule has 3 rings (SSSR count). The fraction of sp³-hybridized carbons (Fsp3) is 0.294. The zero-order valence-corrected chi connectivity index (χ0v) is 14.0. The van der Waals surface area contributed by atoms with Crippen LogP contribution in [0.25, 0.3) is 0 Å². The number of para-hydroxylation sites is 2. The number of thiophene rings is 1. The molecule has 0 aliphatic carbocycles. The highest BCUT2D eigenvalue weighted by Crippen LogP contribution is 2.30. The molecule has 2 aromatic rings. The first-order chi connectivity index (χ1) is 11.6. The summed E-state index contributed by atoms with van der Waals surface area (Å²) < 4.78 is 11.3. The van der Waals surface area contributed by atoms with Crippen LogP contribution in [0, 0.1) is 6.92 Å². The normalized spacial score (nSPS) is 15.6. The van der Waals surface area contributed by atoms with Gasteiger partial charge < -0.3 is 20.1 Å². The summed E-state index contributed by atoms with van der Waals surface area (Å²) in [4.78, 5) is 25.4. The smallest absolute Gasteiger partial charge is 0.261 e. The molecule has 1 atom stereocenters. The molecule has 0 saturated carbocycles. The molecule has 1 unspecified atom stereocenters. The summed E-state index contributed by atoms with van der Waals surface area (Å²) in [5, 5.41) is 5.34. The standard InChI is InChI=1S/C17H18N2O4S/c1-11-6-7-15(24-11)17(21)19-9-16(20)18-8-12-10-22-13-4-2-3-5-14(13)23-12/h2-7,12H,8-10H2,1H3,(H,18,20)(H,19,21). The van der Waals surface area contributed by atoms with Crippen molar-refractivity contribution in [2.45, 2.75) is 13.0 Å². The van der Waals surface area contributed by atoms with E-state index in [9.17, 15) is 9.59 Å². The van der Waals surface area contributed by atoms with E-state index in [2.05, 4.69) is 10.6 Å². The van der Waals surface area contributed by atoms with Crippen LogP contribution in [0.4, 0.5) is 0 Å². The largest absolute Gasteiger partial charge is 0.486 e. The molecular weight excluding hydrogens is 328 g/mol. The Balaban J connectivity index is 1.41. The van der Waals surface area contributed by atoms with Crippen LogP contribution >= 0.6 is 11.3 Å². The van der Waals surface area contributed by atoms with Gasteiger partial charge in [0.25, 0.3) is 5.91 Å². The third-order valence-electron chi connectivity index (χ3n) is 3.47. The number of hydrogen-bond acceptors (Lipinski definition) is 5. The van der Waals surface area contributed by atoms with Crippen LogP contribution in [0.2, 0.25) is 0 Å².